The summed E-state index contributed by atoms with van der Waals surface area (Å²) in [6, 6.07) is 9.67. The molecule has 1 heterocycles. The summed E-state index contributed by atoms with van der Waals surface area (Å²) in [5.41, 5.74) is 0.778. The van der Waals surface area contributed by atoms with E-state index in [1.54, 1.807) is 7.11 Å². The standard InChI is InChI=1S/C19H29N3O3/c1-16(14-18(23)17-6-4-3-5-7-17)22-11-9-21(10-12-22)15-19(24)20-8-13-25-2/h3-7,16H,8-15H2,1-2H3,(H,20,24). The molecule has 6 heteroatoms. The molecule has 2 rings (SSSR count). The number of benzene rings is 1. The van der Waals surface area contributed by atoms with E-state index in [0.717, 1.165) is 31.7 Å². The molecular formula is C19H29N3O3. The zero-order chi connectivity index (χ0) is 18.1. The molecule has 1 aromatic carbocycles. The lowest BCUT2D eigenvalue weighted by Crippen LogP contribution is -2.52. The maximum absolute atomic E-state index is 12.3. The number of carbonyl (C=O) groups excluding carboxylic acids is 2. The molecule has 0 saturated carbocycles. The Bertz CT molecular complexity index is 542. The number of hydrogen-bond acceptors (Lipinski definition) is 5. The monoisotopic (exact) mass is 347 g/mol. The van der Waals surface area contributed by atoms with Crippen LogP contribution in [0.2, 0.25) is 0 Å². The summed E-state index contributed by atoms with van der Waals surface area (Å²) in [5, 5.41) is 2.85. The van der Waals surface area contributed by atoms with Crippen LogP contribution in [0.4, 0.5) is 0 Å². The van der Waals surface area contributed by atoms with Gasteiger partial charge < -0.3 is 10.1 Å². The fourth-order valence-corrected chi connectivity index (χ4v) is 3.05. The minimum Gasteiger partial charge on any atom is -0.383 e. The van der Waals surface area contributed by atoms with Crippen molar-refractivity contribution < 1.29 is 14.3 Å². The van der Waals surface area contributed by atoms with Gasteiger partial charge in [0.25, 0.3) is 0 Å². The van der Waals surface area contributed by atoms with E-state index in [9.17, 15) is 9.59 Å². The average Bonchev–Trinajstić information content (AvgIpc) is 2.63. The maximum Gasteiger partial charge on any atom is 0.234 e. The zero-order valence-electron chi connectivity index (χ0n) is 15.2. The van der Waals surface area contributed by atoms with E-state index in [4.69, 9.17) is 4.74 Å². The first kappa shape index (κ1) is 19.6. The number of nitrogens with one attached hydrogen (secondary N) is 1. The summed E-state index contributed by atoms with van der Waals surface area (Å²) in [6.07, 6.45) is 0.529. The van der Waals surface area contributed by atoms with Crippen LogP contribution in [0, 0.1) is 0 Å². The molecule has 0 radical (unpaired) electrons. The van der Waals surface area contributed by atoms with Gasteiger partial charge in [0.05, 0.1) is 13.2 Å². The van der Waals surface area contributed by atoms with Crippen molar-refractivity contribution in [1.82, 2.24) is 15.1 Å². The third-order valence-electron chi connectivity index (χ3n) is 4.60. The van der Waals surface area contributed by atoms with Crippen molar-refractivity contribution in [2.45, 2.75) is 19.4 Å². The van der Waals surface area contributed by atoms with Gasteiger partial charge in [-0.05, 0) is 6.92 Å². The van der Waals surface area contributed by atoms with Crippen molar-refractivity contribution in [3.63, 3.8) is 0 Å². The molecule has 1 aliphatic rings. The molecule has 1 aliphatic heterocycles. The number of Topliss-reactive ketones (excluding diaryl/α,β-unsaturated/α-hetero) is 1. The Morgan fingerprint density at radius 1 is 1.16 bits per heavy atom. The number of piperazine rings is 1. The highest BCUT2D eigenvalue weighted by atomic mass is 16.5. The number of carbonyl (C=O) groups is 2. The van der Waals surface area contributed by atoms with Crippen molar-refractivity contribution >= 4 is 11.7 Å². The predicted molar refractivity (Wildman–Crippen MR) is 97.8 cm³/mol. The van der Waals surface area contributed by atoms with Gasteiger partial charge in [-0.2, -0.15) is 0 Å². The number of ketones is 1. The Balaban J connectivity index is 1.70. The van der Waals surface area contributed by atoms with E-state index in [0.29, 0.717) is 26.1 Å². The highest BCUT2D eigenvalue weighted by Gasteiger charge is 2.24. The molecule has 1 amide bonds. The molecule has 0 spiro atoms. The second-order valence-electron chi connectivity index (χ2n) is 6.50. The number of hydrogen-bond donors (Lipinski definition) is 1. The minimum atomic E-state index is 0.0396. The molecule has 6 nitrogen and oxygen atoms in total. The second-order valence-corrected chi connectivity index (χ2v) is 6.50. The molecule has 1 unspecified atom stereocenters. The fraction of sp³-hybridized carbons (Fsp3) is 0.579. The van der Waals surface area contributed by atoms with Crippen LogP contribution < -0.4 is 5.32 Å². The Kier molecular flexibility index (Phi) is 8.04. The molecule has 0 aliphatic carbocycles. The van der Waals surface area contributed by atoms with Crippen molar-refractivity contribution in [2.75, 3.05) is 53.0 Å². The Morgan fingerprint density at radius 3 is 2.48 bits per heavy atom. The van der Waals surface area contributed by atoms with Gasteiger partial charge in [0.15, 0.2) is 5.78 Å². The number of nitrogens with zero attached hydrogens (tertiary/aromatic N) is 2. The van der Waals surface area contributed by atoms with Gasteiger partial charge in [0, 0.05) is 57.9 Å². The topological polar surface area (TPSA) is 61.9 Å². The zero-order valence-corrected chi connectivity index (χ0v) is 15.2. The average molecular weight is 347 g/mol. The molecule has 1 saturated heterocycles. The van der Waals surface area contributed by atoms with Gasteiger partial charge in [-0.15, -0.1) is 0 Å². The summed E-state index contributed by atoms with van der Waals surface area (Å²) in [7, 11) is 1.62. The normalized spacial score (nSPS) is 17.2. The van der Waals surface area contributed by atoms with Crippen LogP contribution in [0.5, 0.6) is 0 Å². The van der Waals surface area contributed by atoms with Crippen LogP contribution >= 0.6 is 0 Å². The Morgan fingerprint density at radius 2 is 1.84 bits per heavy atom. The first-order valence-electron chi connectivity index (χ1n) is 8.90. The fourth-order valence-electron chi connectivity index (χ4n) is 3.05. The highest BCUT2D eigenvalue weighted by molar-refractivity contribution is 5.96. The summed E-state index contributed by atoms with van der Waals surface area (Å²) >= 11 is 0. The first-order valence-corrected chi connectivity index (χ1v) is 8.90. The van der Waals surface area contributed by atoms with Crippen LogP contribution in [0.25, 0.3) is 0 Å². The lowest BCUT2D eigenvalue weighted by molar-refractivity contribution is -0.122. The van der Waals surface area contributed by atoms with Crippen molar-refractivity contribution in [1.29, 1.82) is 0 Å². The lowest BCUT2D eigenvalue weighted by atomic mass is 10.0. The Hall–Kier alpha value is -1.76. The van der Waals surface area contributed by atoms with E-state index in [1.165, 1.54) is 0 Å². The van der Waals surface area contributed by atoms with Crippen LogP contribution in [-0.4, -0.2) is 80.5 Å². The summed E-state index contributed by atoms with van der Waals surface area (Å²) < 4.78 is 4.92. The summed E-state index contributed by atoms with van der Waals surface area (Å²) in [6.45, 7) is 7.08. The predicted octanol–water partition coefficient (Wildman–Crippen LogP) is 1.03. The van der Waals surface area contributed by atoms with E-state index >= 15 is 0 Å². The third kappa shape index (κ3) is 6.57. The van der Waals surface area contributed by atoms with Crippen molar-refractivity contribution in [3.05, 3.63) is 35.9 Å². The van der Waals surface area contributed by atoms with E-state index < -0.39 is 0 Å². The first-order chi connectivity index (χ1) is 12.1. The molecule has 1 atom stereocenters. The highest BCUT2D eigenvalue weighted by Crippen LogP contribution is 2.12. The smallest absolute Gasteiger partial charge is 0.234 e. The quantitative estimate of drug-likeness (QED) is 0.534. The number of ether oxygens (including phenoxy) is 1. The minimum absolute atomic E-state index is 0.0396. The van der Waals surface area contributed by atoms with E-state index in [1.807, 2.05) is 30.3 Å². The molecule has 1 fully saturated rings. The van der Waals surface area contributed by atoms with Crippen LogP contribution in [0.1, 0.15) is 23.7 Å². The van der Waals surface area contributed by atoms with Crippen molar-refractivity contribution in [2.24, 2.45) is 0 Å². The van der Waals surface area contributed by atoms with Gasteiger partial charge in [-0.3, -0.25) is 19.4 Å². The number of amides is 1. The molecule has 1 aromatic rings. The van der Waals surface area contributed by atoms with Gasteiger partial charge in [-0.1, -0.05) is 30.3 Å². The van der Waals surface area contributed by atoms with E-state index in [2.05, 4.69) is 22.0 Å². The van der Waals surface area contributed by atoms with Crippen LogP contribution in [0.3, 0.4) is 0 Å². The van der Waals surface area contributed by atoms with Gasteiger partial charge in [-0.25, -0.2) is 0 Å². The molecular weight excluding hydrogens is 318 g/mol. The van der Waals surface area contributed by atoms with Crippen LogP contribution in [-0.2, 0) is 9.53 Å². The molecule has 1 N–H and O–H groups in total. The van der Waals surface area contributed by atoms with Crippen molar-refractivity contribution in [3.8, 4) is 0 Å². The van der Waals surface area contributed by atoms with E-state index in [-0.39, 0.29) is 17.7 Å². The Labute approximate surface area is 150 Å². The molecule has 0 aromatic heterocycles. The number of rotatable bonds is 9. The lowest BCUT2D eigenvalue weighted by Gasteiger charge is -2.37. The molecule has 0 bridgehead atoms. The summed E-state index contributed by atoms with van der Waals surface area (Å²) in [4.78, 5) is 28.7. The molecule has 25 heavy (non-hydrogen) atoms. The SMILES string of the molecule is COCCNC(=O)CN1CCN(C(C)CC(=O)c2ccccc2)CC1. The van der Waals surface area contributed by atoms with Gasteiger partial charge >= 0.3 is 0 Å². The third-order valence-corrected chi connectivity index (χ3v) is 4.60. The number of methoxy groups -OCH3 is 1. The largest absolute Gasteiger partial charge is 0.383 e. The second kappa shape index (κ2) is 10.3. The summed E-state index contributed by atoms with van der Waals surface area (Å²) in [5.74, 6) is 0.228. The van der Waals surface area contributed by atoms with Gasteiger partial charge in [0.1, 0.15) is 0 Å². The van der Waals surface area contributed by atoms with Gasteiger partial charge in [0.2, 0.25) is 5.91 Å². The molecule has 138 valence electrons. The maximum atomic E-state index is 12.3. The van der Waals surface area contributed by atoms with Crippen LogP contribution in [0.15, 0.2) is 30.3 Å².